The number of H-pyrrole nitrogens is 2. The molecule has 0 bridgehead atoms. The molecule has 4 rings (SSSR count). The highest BCUT2D eigenvalue weighted by Crippen LogP contribution is 2.29. The van der Waals surface area contributed by atoms with Crippen molar-refractivity contribution < 1.29 is 4.74 Å². The third kappa shape index (κ3) is 2.30. The summed E-state index contributed by atoms with van der Waals surface area (Å²) in [5, 5.41) is 8.36. The van der Waals surface area contributed by atoms with E-state index >= 15 is 0 Å². The molecule has 0 aliphatic carbocycles. The lowest BCUT2D eigenvalue weighted by atomic mass is 10.2. The Labute approximate surface area is 132 Å². The monoisotopic (exact) mass is 308 g/mol. The molecule has 0 unspecified atom stereocenters. The number of aryl methyl sites for hydroxylation is 1. The number of nitrogens with one attached hydrogen (secondary N) is 2. The van der Waals surface area contributed by atoms with E-state index in [4.69, 9.17) is 4.74 Å². The zero-order valence-corrected chi connectivity index (χ0v) is 13.1. The normalized spacial score (nSPS) is 11.7. The average molecular weight is 308 g/mol. The minimum atomic E-state index is 0.118. The maximum atomic E-state index is 5.77. The summed E-state index contributed by atoms with van der Waals surface area (Å²) in [6.45, 7) is 5.91. The molecule has 0 aliphatic heterocycles. The van der Waals surface area contributed by atoms with Gasteiger partial charge in [0.1, 0.15) is 23.3 Å². The molecular formula is C16H16N6O. The van der Waals surface area contributed by atoms with Crippen LogP contribution in [0.25, 0.3) is 33.6 Å². The lowest BCUT2D eigenvalue weighted by Crippen LogP contribution is -2.05. The van der Waals surface area contributed by atoms with Crippen LogP contribution in [-0.4, -0.2) is 36.2 Å². The number of imidazole rings is 1. The fraction of sp³-hybridized carbons (Fsp3) is 0.250. The highest BCUT2D eigenvalue weighted by atomic mass is 16.5. The molecule has 2 N–H and O–H groups in total. The summed E-state index contributed by atoms with van der Waals surface area (Å²) in [6.07, 6.45) is 1.64. The van der Waals surface area contributed by atoms with Crippen molar-refractivity contribution in [3.63, 3.8) is 0 Å². The molecule has 0 amide bonds. The maximum absolute atomic E-state index is 5.77. The summed E-state index contributed by atoms with van der Waals surface area (Å²) in [4.78, 5) is 16.2. The molecule has 7 heteroatoms. The maximum Gasteiger partial charge on any atom is 0.161 e. The van der Waals surface area contributed by atoms with Crippen LogP contribution in [0.3, 0.4) is 0 Å². The van der Waals surface area contributed by atoms with Crippen molar-refractivity contribution in [2.75, 3.05) is 0 Å². The van der Waals surface area contributed by atoms with Gasteiger partial charge in [-0.15, -0.1) is 0 Å². The molecule has 0 aliphatic rings. The number of benzene rings is 1. The lowest BCUT2D eigenvalue weighted by molar-refractivity contribution is 0.243. The Morgan fingerprint density at radius 2 is 2.04 bits per heavy atom. The van der Waals surface area contributed by atoms with Crippen LogP contribution >= 0.6 is 0 Å². The Morgan fingerprint density at radius 1 is 1.17 bits per heavy atom. The standard InChI is InChI=1S/C16H16N6O/c1-8(2)23-10-4-5-12-11(6-10)14(22-21-12)16-19-13-9(3)17-7-18-15(13)20-16/h4-8H,1-3H3,(H,21,22)(H,17,18,19,20). The number of nitrogens with zero attached hydrogens (tertiary/aromatic N) is 4. The van der Waals surface area contributed by atoms with E-state index in [0.717, 1.165) is 33.6 Å². The molecule has 116 valence electrons. The predicted octanol–water partition coefficient (Wildman–Crippen LogP) is 2.99. The van der Waals surface area contributed by atoms with Crippen LogP contribution in [0.2, 0.25) is 0 Å². The van der Waals surface area contributed by atoms with Crippen molar-refractivity contribution in [2.45, 2.75) is 26.9 Å². The van der Waals surface area contributed by atoms with Crippen LogP contribution in [0.4, 0.5) is 0 Å². The molecule has 0 saturated carbocycles. The summed E-state index contributed by atoms with van der Waals surface area (Å²) < 4.78 is 5.77. The Hall–Kier alpha value is -2.96. The minimum Gasteiger partial charge on any atom is -0.491 e. The summed E-state index contributed by atoms with van der Waals surface area (Å²) in [5.74, 6) is 1.47. The largest absolute Gasteiger partial charge is 0.491 e. The number of rotatable bonds is 3. The molecule has 0 fully saturated rings. The Bertz CT molecular complexity index is 1000. The number of fused-ring (bicyclic) bond motifs is 2. The molecule has 0 atom stereocenters. The van der Waals surface area contributed by atoms with Crippen molar-refractivity contribution in [1.29, 1.82) is 0 Å². The van der Waals surface area contributed by atoms with Crippen molar-refractivity contribution >= 4 is 22.1 Å². The van der Waals surface area contributed by atoms with Crippen molar-refractivity contribution in [2.24, 2.45) is 0 Å². The average Bonchev–Trinajstić information content (AvgIpc) is 3.10. The molecule has 0 radical (unpaired) electrons. The second kappa shape index (κ2) is 5.05. The van der Waals surface area contributed by atoms with E-state index < -0.39 is 0 Å². The van der Waals surface area contributed by atoms with Gasteiger partial charge in [-0.1, -0.05) is 0 Å². The van der Waals surface area contributed by atoms with Crippen LogP contribution in [0.15, 0.2) is 24.5 Å². The van der Waals surface area contributed by atoms with Crippen molar-refractivity contribution in [3.05, 3.63) is 30.2 Å². The molecule has 0 saturated heterocycles. The van der Waals surface area contributed by atoms with Gasteiger partial charge in [-0.3, -0.25) is 5.10 Å². The third-order valence-corrected chi connectivity index (χ3v) is 3.60. The van der Waals surface area contributed by atoms with Gasteiger partial charge in [0.2, 0.25) is 0 Å². The predicted molar refractivity (Wildman–Crippen MR) is 87.3 cm³/mol. The van der Waals surface area contributed by atoms with Gasteiger partial charge in [0.15, 0.2) is 11.5 Å². The first-order valence-corrected chi connectivity index (χ1v) is 7.44. The molecule has 3 aromatic heterocycles. The van der Waals surface area contributed by atoms with Crippen molar-refractivity contribution in [3.8, 4) is 17.3 Å². The van der Waals surface area contributed by atoms with Gasteiger partial charge in [-0.2, -0.15) is 5.10 Å². The fourth-order valence-corrected chi connectivity index (χ4v) is 2.58. The number of hydrogen-bond acceptors (Lipinski definition) is 5. The highest BCUT2D eigenvalue weighted by molar-refractivity contribution is 5.93. The van der Waals surface area contributed by atoms with Gasteiger partial charge in [-0.25, -0.2) is 15.0 Å². The molecule has 3 heterocycles. The first-order valence-electron chi connectivity index (χ1n) is 7.44. The van der Waals surface area contributed by atoms with Crippen molar-refractivity contribution in [1.82, 2.24) is 30.1 Å². The van der Waals surface area contributed by atoms with E-state index in [1.807, 2.05) is 39.0 Å². The van der Waals surface area contributed by atoms with E-state index in [0.29, 0.717) is 11.5 Å². The number of aromatic nitrogens is 6. The lowest BCUT2D eigenvalue weighted by Gasteiger charge is -2.09. The minimum absolute atomic E-state index is 0.118. The summed E-state index contributed by atoms with van der Waals surface area (Å²) >= 11 is 0. The van der Waals surface area contributed by atoms with Gasteiger partial charge in [0, 0.05) is 5.39 Å². The topological polar surface area (TPSA) is 92.4 Å². The molecular weight excluding hydrogens is 292 g/mol. The molecule has 7 nitrogen and oxygen atoms in total. The van der Waals surface area contributed by atoms with Crippen LogP contribution < -0.4 is 4.74 Å². The summed E-state index contributed by atoms with van der Waals surface area (Å²) in [5.41, 5.74) is 3.97. The van der Waals surface area contributed by atoms with Gasteiger partial charge in [-0.05, 0) is 39.0 Å². The van der Waals surface area contributed by atoms with Gasteiger partial charge < -0.3 is 9.72 Å². The quantitative estimate of drug-likeness (QED) is 0.607. The molecule has 1 aromatic carbocycles. The Kier molecular flexibility index (Phi) is 3.00. The van der Waals surface area contributed by atoms with E-state index in [9.17, 15) is 0 Å². The molecule has 0 spiro atoms. The SMILES string of the molecule is Cc1ncnc2[nH]c(-c3n[nH]c4ccc(OC(C)C)cc34)nc12. The first kappa shape index (κ1) is 13.7. The number of aromatic amines is 2. The second-order valence-corrected chi connectivity index (χ2v) is 5.69. The zero-order chi connectivity index (χ0) is 16.0. The van der Waals surface area contributed by atoms with E-state index in [1.165, 1.54) is 6.33 Å². The molecule has 23 heavy (non-hydrogen) atoms. The first-order chi connectivity index (χ1) is 11.1. The van der Waals surface area contributed by atoms with Crippen LogP contribution in [-0.2, 0) is 0 Å². The summed E-state index contributed by atoms with van der Waals surface area (Å²) in [6, 6.07) is 5.86. The summed E-state index contributed by atoms with van der Waals surface area (Å²) in [7, 11) is 0. The smallest absolute Gasteiger partial charge is 0.161 e. The second-order valence-electron chi connectivity index (χ2n) is 5.69. The van der Waals surface area contributed by atoms with E-state index in [1.54, 1.807) is 0 Å². The van der Waals surface area contributed by atoms with Crippen LogP contribution in [0, 0.1) is 6.92 Å². The van der Waals surface area contributed by atoms with Gasteiger partial charge in [0.25, 0.3) is 0 Å². The third-order valence-electron chi connectivity index (χ3n) is 3.60. The van der Waals surface area contributed by atoms with E-state index in [-0.39, 0.29) is 6.10 Å². The van der Waals surface area contributed by atoms with E-state index in [2.05, 4.69) is 30.1 Å². The Morgan fingerprint density at radius 3 is 2.83 bits per heavy atom. The van der Waals surface area contributed by atoms with Gasteiger partial charge >= 0.3 is 0 Å². The zero-order valence-electron chi connectivity index (χ0n) is 13.1. The number of hydrogen-bond donors (Lipinski definition) is 2. The highest BCUT2D eigenvalue weighted by Gasteiger charge is 2.15. The van der Waals surface area contributed by atoms with Crippen LogP contribution in [0.5, 0.6) is 5.75 Å². The van der Waals surface area contributed by atoms with Gasteiger partial charge in [0.05, 0.1) is 17.3 Å². The van der Waals surface area contributed by atoms with Crippen LogP contribution in [0.1, 0.15) is 19.5 Å². The molecule has 4 aromatic rings. The fourth-order valence-electron chi connectivity index (χ4n) is 2.58. The number of ether oxygens (including phenoxy) is 1. The Balaban J connectivity index is 1.88.